The molecule has 1 amide bonds. The zero-order valence-electron chi connectivity index (χ0n) is 17.8. The molecular weight excluding hydrogens is 389 g/mol. The normalized spacial score (nSPS) is 15.5. The summed E-state index contributed by atoms with van der Waals surface area (Å²) >= 11 is 0. The largest absolute Gasteiger partial charge is 0.356 e. The number of amides is 1. The van der Waals surface area contributed by atoms with Crippen LogP contribution < -0.4 is 10.6 Å². The SMILES string of the molecule is CC(C)n1c(/C=C/C(Nc2ccc3c(c2)NC(=O)CC3)=C2CC2)cc2cc(F)ccc21. The van der Waals surface area contributed by atoms with Crippen molar-refractivity contribution >= 4 is 34.3 Å². The first-order chi connectivity index (χ1) is 15.0. The summed E-state index contributed by atoms with van der Waals surface area (Å²) < 4.78 is 16.0. The van der Waals surface area contributed by atoms with Crippen molar-refractivity contribution in [3.63, 3.8) is 0 Å². The molecule has 2 N–H and O–H groups in total. The molecule has 0 unspecified atom stereocenters. The van der Waals surface area contributed by atoms with E-state index in [4.69, 9.17) is 0 Å². The lowest BCUT2D eigenvalue weighted by Crippen LogP contribution is -2.19. The third-order valence-corrected chi connectivity index (χ3v) is 5.93. The van der Waals surface area contributed by atoms with E-state index in [0.717, 1.165) is 52.9 Å². The highest BCUT2D eigenvalue weighted by atomic mass is 19.1. The predicted octanol–water partition coefficient (Wildman–Crippen LogP) is 6.42. The van der Waals surface area contributed by atoms with Crippen molar-refractivity contribution < 1.29 is 9.18 Å². The van der Waals surface area contributed by atoms with Gasteiger partial charge in [-0.3, -0.25) is 4.79 Å². The third-order valence-electron chi connectivity index (χ3n) is 5.93. The van der Waals surface area contributed by atoms with Crippen molar-refractivity contribution in [2.45, 2.75) is 45.6 Å². The van der Waals surface area contributed by atoms with Gasteiger partial charge in [0.15, 0.2) is 0 Å². The van der Waals surface area contributed by atoms with Crippen LogP contribution in [0.1, 0.15) is 50.4 Å². The summed E-state index contributed by atoms with van der Waals surface area (Å²) in [7, 11) is 0. The number of halogens is 1. The lowest BCUT2D eigenvalue weighted by atomic mass is 10.0. The Labute approximate surface area is 181 Å². The number of carbonyl (C=O) groups is 1. The number of nitrogens with zero attached hydrogens (tertiary/aromatic N) is 1. The molecule has 0 saturated heterocycles. The van der Waals surface area contributed by atoms with Crippen LogP contribution in [0.15, 0.2) is 59.8 Å². The van der Waals surface area contributed by atoms with Gasteiger partial charge >= 0.3 is 0 Å². The molecule has 3 aromatic rings. The molecule has 2 aromatic carbocycles. The highest BCUT2D eigenvalue weighted by Gasteiger charge is 2.19. The molecule has 0 bridgehead atoms. The fourth-order valence-electron chi connectivity index (χ4n) is 4.29. The minimum Gasteiger partial charge on any atom is -0.356 e. The Morgan fingerprint density at radius 1 is 1.10 bits per heavy atom. The molecule has 5 rings (SSSR count). The zero-order chi connectivity index (χ0) is 21.5. The van der Waals surface area contributed by atoms with E-state index in [2.05, 4.69) is 53.3 Å². The second kappa shape index (κ2) is 7.73. The molecule has 0 spiro atoms. The summed E-state index contributed by atoms with van der Waals surface area (Å²) in [6.45, 7) is 4.28. The first-order valence-electron chi connectivity index (χ1n) is 10.9. The number of rotatable bonds is 5. The van der Waals surface area contributed by atoms with Crippen LogP contribution in [0.5, 0.6) is 0 Å². The van der Waals surface area contributed by atoms with Crippen LogP contribution in [0.3, 0.4) is 0 Å². The van der Waals surface area contributed by atoms with Crippen LogP contribution in [0, 0.1) is 5.82 Å². The van der Waals surface area contributed by atoms with Gasteiger partial charge in [-0.05, 0) is 92.8 Å². The predicted molar refractivity (Wildman–Crippen MR) is 125 cm³/mol. The maximum absolute atomic E-state index is 13.7. The molecule has 1 fully saturated rings. The Balaban J connectivity index is 1.45. The number of hydrogen-bond donors (Lipinski definition) is 2. The van der Waals surface area contributed by atoms with Gasteiger partial charge in [0.2, 0.25) is 5.91 Å². The molecule has 1 aliphatic heterocycles. The molecule has 2 aliphatic rings. The summed E-state index contributed by atoms with van der Waals surface area (Å²) in [6.07, 6.45) is 7.73. The number of nitrogens with one attached hydrogen (secondary N) is 2. The van der Waals surface area contributed by atoms with E-state index in [1.54, 1.807) is 6.07 Å². The Hall–Kier alpha value is -3.34. The number of aryl methyl sites for hydroxylation is 1. The van der Waals surface area contributed by atoms with E-state index in [0.29, 0.717) is 6.42 Å². The monoisotopic (exact) mass is 415 g/mol. The number of anilines is 2. The topological polar surface area (TPSA) is 46.1 Å². The smallest absolute Gasteiger partial charge is 0.224 e. The number of aromatic nitrogens is 1. The van der Waals surface area contributed by atoms with Gasteiger partial charge in [0.1, 0.15) is 5.82 Å². The highest BCUT2D eigenvalue weighted by Crippen LogP contribution is 2.35. The number of benzene rings is 2. The number of fused-ring (bicyclic) bond motifs is 2. The van der Waals surface area contributed by atoms with Gasteiger partial charge in [0, 0.05) is 46.1 Å². The Morgan fingerprint density at radius 3 is 2.71 bits per heavy atom. The summed E-state index contributed by atoms with van der Waals surface area (Å²) in [6, 6.07) is 13.4. The molecule has 158 valence electrons. The summed E-state index contributed by atoms with van der Waals surface area (Å²) in [5, 5.41) is 7.42. The molecule has 1 saturated carbocycles. The number of hydrogen-bond acceptors (Lipinski definition) is 2. The molecule has 1 aromatic heterocycles. The fraction of sp³-hybridized carbons (Fsp3) is 0.269. The lowest BCUT2D eigenvalue weighted by molar-refractivity contribution is -0.116. The van der Waals surface area contributed by atoms with E-state index in [1.165, 1.54) is 17.2 Å². The fourth-order valence-corrected chi connectivity index (χ4v) is 4.29. The van der Waals surface area contributed by atoms with Crippen molar-refractivity contribution in [1.29, 1.82) is 0 Å². The minimum atomic E-state index is -0.217. The summed E-state index contributed by atoms with van der Waals surface area (Å²) in [4.78, 5) is 11.7. The quantitative estimate of drug-likeness (QED) is 0.505. The van der Waals surface area contributed by atoms with E-state index < -0.39 is 0 Å². The maximum Gasteiger partial charge on any atom is 0.224 e. The lowest BCUT2D eigenvalue weighted by Gasteiger charge is -2.18. The molecular formula is C26H26FN3O. The standard InChI is InChI=1S/C26H26FN3O/c1-16(2)30-22(14-19-13-20(27)7-11-25(19)30)9-10-23(17-3-4-17)28-21-8-5-18-6-12-26(31)29-24(18)15-21/h5,7-11,13-16,28H,3-4,6,12H2,1-2H3,(H,29,31)/b10-9+. The van der Waals surface area contributed by atoms with Crippen LogP contribution in [0.25, 0.3) is 17.0 Å². The second-order valence-corrected chi connectivity index (χ2v) is 8.63. The molecule has 2 heterocycles. The first-order valence-corrected chi connectivity index (χ1v) is 10.9. The molecule has 31 heavy (non-hydrogen) atoms. The maximum atomic E-state index is 13.7. The highest BCUT2D eigenvalue weighted by molar-refractivity contribution is 5.94. The van der Waals surface area contributed by atoms with Gasteiger partial charge in [-0.25, -0.2) is 4.39 Å². The van der Waals surface area contributed by atoms with E-state index in [9.17, 15) is 9.18 Å². The molecule has 1 aliphatic carbocycles. The van der Waals surface area contributed by atoms with Crippen molar-refractivity contribution in [2.24, 2.45) is 0 Å². The second-order valence-electron chi connectivity index (χ2n) is 8.63. The zero-order valence-corrected chi connectivity index (χ0v) is 17.8. The molecule has 0 radical (unpaired) electrons. The molecule has 4 nitrogen and oxygen atoms in total. The van der Waals surface area contributed by atoms with Crippen molar-refractivity contribution in [3.8, 4) is 0 Å². The Bertz CT molecular complexity index is 1240. The van der Waals surface area contributed by atoms with E-state index in [1.807, 2.05) is 18.2 Å². The summed E-state index contributed by atoms with van der Waals surface area (Å²) in [5.74, 6) is -0.144. The van der Waals surface area contributed by atoms with Crippen LogP contribution in [-0.2, 0) is 11.2 Å². The average Bonchev–Trinajstić information content (AvgIpc) is 3.51. The Morgan fingerprint density at radius 2 is 1.94 bits per heavy atom. The van der Waals surface area contributed by atoms with Crippen LogP contribution in [0.2, 0.25) is 0 Å². The van der Waals surface area contributed by atoms with Gasteiger partial charge in [0.05, 0.1) is 0 Å². The van der Waals surface area contributed by atoms with Crippen molar-refractivity contribution in [2.75, 3.05) is 10.6 Å². The minimum absolute atomic E-state index is 0.0725. The van der Waals surface area contributed by atoms with Gasteiger partial charge in [-0.1, -0.05) is 6.07 Å². The van der Waals surface area contributed by atoms with Gasteiger partial charge < -0.3 is 15.2 Å². The van der Waals surface area contributed by atoms with Crippen LogP contribution >= 0.6 is 0 Å². The van der Waals surface area contributed by atoms with E-state index >= 15 is 0 Å². The van der Waals surface area contributed by atoms with Crippen LogP contribution in [0.4, 0.5) is 15.8 Å². The molecule has 5 heteroatoms. The average molecular weight is 416 g/mol. The van der Waals surface area contributed by atoms with Gasteiger partial charge in [-0.15, -0.1) is 0 Å². The van der Waals surface area contributed by atoms with E-state index in [-0.39, 0.29) is 17.8 Å². The number of allylic oxidation sites excluding steroid dienone is 2. The molecule has 0 atom stereocenters. The van der Waals surface area contributed by atoms with Crippen LogP contribution in [-0.4, -0.2) is 10.5 Å². The summed E-state index contributed by atoms with van der Waals surface area (Å²) in [5.41, 5.74) is 7.60. The van der Waals surface area contributed by atoms with Gasteiger partial charge in [0.25, 0.3) is 0 Å². The van der Waals surface area contributed by atoms with Crippen molar-refractivity contribution in [1.82, 2.24) is 4.57 Å². The Kier molecular flexibility index (Phi) is 4.89. The number of carbonyl (C=O) groups excluding carboxylic acids is 1. The van der Waals surface area contributed by atoms with Crippen molar-refractivity contribution in [3.05, 3.63) is 76.9 Å². The first kappa shape index (κ1) is 19.6. The third kappa shape index (κ3) is 4.00. The van der Waals surface area contributed by atoms with Gasteiger partial charge in [-0.2, -0.15) is 0 Å².